The van der Waals surface area contributed by atoms with Crippen LogP contribution in [0.2, 0.25) is 0 Å². The molecule has 0 aliphatic heterocycles. The highest BCUT2D eigenvalue weighted by molar-refractivity contribution is 5.89. The average molecular weight is 467 g/mol. The van der Waals surface area contributed by atoms with E-state index in [0.29, 0.717) is 47.4 Å². The topological polar surface area (TPSA) is 71.1 Å². The van der Waals surface area contributed by atoms with E-state index in [-0.39, 0.29) is 0 Å². The second-order valence-electron chi connectivity index (χ2n) is 8.11. The van der Waals surface area contributed by atoms with Gasteiger partial charge in [0.1, 0.15) is 23.0 Å². The van der Waals surface area contributed by atoms with Gasteiger partial charge in [0.25, 0.3) is 0 Å². The van der Waals surface area contributed by atoms with Crippen LogP contribution in [0, 0.1) is 0 Å². The molecule has 6 nitrogen and oxygen atoms in total. The molecular weight excluding hydrogens is 432 g/mol. The highest BCUT2D eigenvalue weighted by Crippen LogP contribution is 2.22. The van der Waals surface area contributed by atoms with Gasteiger partial charge in [0.15, 0.2) is 0 Å². The predicted molar refractivity (Wildman–Crippen MR) is 132 cm³/mol. The molecule has 2 aromatic rings. The van der Waals surface area contributed by atoms with Gasteiger partial charge in [-0.25, -0.2) is 9.59 Å². The average Bonchev–Trinajstić information content (AvgIpc) is 2.80. The lowest BCUT2D eigenvalue weighted by molar-refractivity contribution is -0.130. The van der Waals surface area contributed by atoms with Gasteiger partial charge in [-0.2, -0.15) is 0 Å². The van der Waals surface area contributed by atoms with E-state index < -0.39 is 11.9 Å². The van der Waals surface area contributed by atoms with Crippen LogP contribution in [0.3, 0.4) is 0 Å². The molecule has 0 amide bonds. The SMILES string of the molecule is C=C(C)C(=O)Oc1cccc(OCCCCCCCCOc2cccc(OC(=O)C(=C)C)c2)c1. The van der Waals surface area contributed by atoms with Crippen molar-refractivity contribution in [1.82, 2.24) is 0 Å². The smallest absolute Gasteiger partial charge is 0.338 e. The fourth-order valence-electron chi connectivity index (χ4n) is 2.93. The molecule has 0 N–H and O–H groups in total. The number of carbonyl (C=O) groups is 2. The maximum atomic E-state index is 11.6. The van der Waals surface area contributed by atoms with Crippen LogP contribution in [0.5, 0.6) is 23.0 Å². The normalized spacial score (nSPS) is 10.3. The Morgan fingerprint density at radius 2 is 0.971 bits per heavy atom. The van der Waals surface area contributed by atoms with Crippen molar-refractivity contribution in [1.29, 1.82) is 0 Å². The van der Waals surface area contributed by atoms with Crippen molar-refractivity contribution in [2.75, 3.05) is 13.2 Å². The molecular formula is C28H34O6. The first-order valence-corrected chi connectivity index (χ1v) is 11.6. The Balaban J connectivity index is 1.53. The van der Waals surface area contributed by atoms with Gasteiger partial charge in [0.05, 0.1) is 13.2 Å². The molecule has 0 aliphatic carbocycles. The van der Waals surface area contributed by atoms with Crippen molar-refractivity contribution >= 4 is 11.9 Å². The Labute approximate surface area is 202 Å². The van der Waals surface area contributed by atoms with Gasteiger partial charge in [-0.15, -0.1) is 0 Å². The van der Waals surface area contributed by atoms with Crippen molar-refractivity contribution in [3.05, 3.63) is 72.8 Å². The maximum absolute atomic E-state index is 11.6. The molecule has 0 heterocycles. The maximum Gasteiger partial charge on any atom is 0.338 e. The van der Waals surface area contributed by atoms with Crippen LogP contribution in [-0.2, 0) is 9.59 Å². The van der Waals surface area contributed by atoms with E-state index in [1.54, 1.807) is 50.2 Å². The Morgan fingerprint density at radius 3 is 1.35 bits per heavy atom. The summed E-state index contributed by atoms with van der Waals surface area (Å²) < 4.78 is 21.9. The molecule has 0 saturated heterocycles. The molecule has 0 atom stereocenters. The van der Waals surface area contributed by atoms with Gasteiger partial charge in [-0.05, 0) is 51.0 Å². The summed E-state index contributed by atoms with van der Waals surface area (Å²) in [6.45, 7) is 11.6. The number of ether oxygens (including phenoxy) is 4. The second kappa shape index (κ2) is 14.6. The highest BCUT2D eigenvalue weighted by Gasteiger charge is 2.07. The number of rotatable bonds is 15. The summed E-state index contributed by atoms with van der Waals surface area (Å²) >= 11 is 0. The Morgan fingerprint density at radius 1 is 0.618 bits per heavy atom. The zero-order valence-electron chi connectivity index (χ0n) is 20.1. The van der Waals surface area contributed by atoms with Crippen molar-refractivity contribution in [2.45, 2.75) is 52.4 Å². The second-order valence-corrected chi connectivity index (χ2v) is 8.11. The molecule has 0 saturated carbocycles. The fraction of sp³-hybridized carbons (Fsp3) is 0.357. The van der Waals surface area contributed by atoms with Crippen LogP contribution >= 0.6 is 0 Å². The molecule has 0 unspecified atom stereocenters. The monoisotopic (exact) mass is 466 g/mol. The fourth-order valence-corrected chi connectivity index (χ4v) is 2.93. The first-order valence-electron chi connectivity index (χ1n) is 11.6. The standard InChI is InChI=1S/C28H34O6/c1-21(2)27(29)33-25-15-11-13-23(19-25)31-17-9-7-5-6-8-10-18-32-24-14-12-16-26(20-24)34-28(30)22(3)4/h11-16,19-20H,1,3,5-10,17-18H2,2,4H3. The summed E-state index contributed by atoms with van der Waals surface area (Å²) in [4.78, 5) is 23.2. The molecule has 0 radical (unpaired) electrons. The van der Waals surface area contributed by atoms with Crippen molar-refractivity contribution in [3.8, 4) is 23.0 Å². The molecule has 182 valence electrons. The minimum Gasteiger partial charge on any atom is -0.493 e. The number of hydrogen-bond donors (Lipinski definition) is 0. The largest absolute Gasteiger partial charge is 0.493 e. The van der Waals surface area contributed by atoms with Crippen LogP contribution in [0.15, 0.2) is 72.8 Å². The third-order valence-corrected chi connectivity index (χ3v) is 4.81. The summed E-state index contributed by atoms with van der Waals surface area (Å²) in [6.07, 6.45) is 6.35. The van der Waals surface area contributed by atoms with E-state index in [9.17, 15) is 9.59 Å². The summed E-state index contributed by atoms with van der Waals surface area (Å²) in [6, 6.07) is 14.1. The molecule has 0 fully saturated rings. The Hall–Kier alpha value is -3.54. The van der Waals surface area contributed by atoms with Gasteiger partial charge in [-0.3, -0.25) is 0 Å². The third-order valence-electron chi connectivity index (χ3n) is 4.81. The zero-order chi connectivity index (χ0) is 24.8. The van der Waals surface area contributed by atoms with E-state index >= 15 is 0 Å². The minimum absolute atomic E-state index is 0.355. The minimum atomic E-state index is -0.444. The Bertz CT molecular complexity index is 899. The summed E-state index contributed by atoms with van der Waals surface area (Å²) in [5, 5.41) is 0. The molecule has 2 rings (SSSR count). The zero-order valence-corrected chi connectivity index (χ0v) is 20.1. The van der Waals surface area contributed by atoms with Gasteiger partial charge >= 0.3 is 11.9 Å². The van der Waals surface area contributed by atoms with E-state index in [1.807, 2.05) is 12.1 Å². The molecule has 2 aromatic carbocycles. The van der Waals surface area contributed by atoms with Gasteiger partial charge < -0.3 is 18.9 Å². The van der Waals surface area contributed by atoms with E-state index in [2.05, 4.69) is 13.2 Å². The number of esters is 2. The van der Waals surface area contributed by atoms with Crippen LogP contribution in [0.1, 0.15) is 52.4 Å². The van der Waals surface area contributed by atoms with E-state index in [0.717, 1.165) is 38.5 Å². The van der Waals surface area contributed by atoms with Gasteiger partial charge in [0.2, 0.25) is 0 Å². The summed E-state index contributed by atoms with van der Waals surface area (Å²) in [7, 11) is 0. The first-order chi connectivity index (χ1) is 16.3. The van der Waals surface area contributed by atoms with Gasteiger partial charge in [0, 0.05) is 23.3 Å². The molecule has 34 heavy (non-hydrogen) atoms. The van der Waals surface area contributed by atoms with Crippen molar-refractivity contribution < 1.29 is 28.5 Å². The third kappa shape index (κ3) is 10.4. The van der Waals surface area contributed by atoms with Crippen LogP contribution < -0.4 is 18.9 Å². The number of benzene rings is 2. The molecule has 0 aromatic heterocycles. The predicted octanol–water partition coefficient (Wildman–Crippen LogP) is 6.45. The van der Waals surface area contributed by atoms with Crippen molar-refractivity contribution in [2.24, 2.45) is 0 Å². The number of unbranched alkanes of at least 4 members (excludes halogenated alkanes) is 5. The highest BCUT2D eigenvalue weighted by atomic mass is 16.5. The molecule has 0 aliphatic rings. The van der Waals surface area contributed by atoms with E-state index in [1.165, 1.54) is 0 Å². The summed E-state index contributed by atoms with van der Waals surface area (Å²) in [5.41, 5.74) is 0.711. The lowest BCUT2D eigenvalue weighted by Crippen LogP contribution is -2.08. The lowest BCUT2D eigenvalue weighted by Gasteiger charge is -2.09. The van der Waals surface area contributed by atoms with Crippen molar-refractivity contribution in [3.63, 3.8) is 0 Å². The Kier molecular flexibility index (Phi) is 11.5. The quantitative estimate of drug-likeness (QED) is 0.130. The van der Waals surface area contributed by atoms with Gasteiger partial charge in [-0.1, -0.05) is 51.0 Å². The molecule has 6 heteroatoms. The van der Waals surface area contributed by atoms with Crippen LogP contribution in [-0.4, -0.2) is 25.2 Å². The van der Waals surface area contributed by atoms with E-state index in [4.69, 9.17) is 18.9 Å². The number of carbonyl (C=O) groups excluding carboxylic acids is 2. The molecule has 0 bridgehead atoms. The molecule has 0 spiro atoms. The lowest BCUT2D eigenvalue weighted by atomic mass is 10.1. The van der Waals surface area contributed by atoms with Crippen LogP contribution in [0.4, 0.5) is 0 Å². The van der Waals surface area contributed by atoms with Crippen LogP contribution in [0.25, 0.3) is 0 Å². The number of hydrogen-bond acceptors (Lipinski definition) is 6. The summed E-state index contributed by atoms with van der Waals surface area (Å²) in [5.74, 6) is 1.38. The first kappa shape index (κ1) is 26.7.